The first-order chi connectivity index (χ1) is 9.41. The van der Waals surface area contributed by atoms with Crippen molar-refractivity contribution < 1.29 is 19.1 Å². The van der Waals surface area contributed by atoms with Crippen molar-refractivity contribution in [3.8, 4) is 0 Å². The van der Waals surface area contributed by atoms with E-state index in [0.29, 0.717) is 18.7 Å². The van der Waals surface area contributed by atoms with Gasteiger partial charge in [-0.25, -0.2) is 4.39 Å². The molecular weight excluding hydrogens is 263 g/mol. The molecule has 0 radical (unpaired) electrons. The molecule has 1 amide bonds. The van der Waals surface area contributed by atoms with Crippen molar-refractivity contribution in [3.05, 3.63) is 30.1 Å². The van der Waals surface area contributed by atoms with Crippen LogP contribution in [0.3, 0.4) is 0 Å². The first-order valence-corrected chi connectivity index (χ1v) is 6.46. The van der Waals surface area contributed by atoms with E-state index in [4.69, 9.17) is 0 Å². The molecule has 20 heavy (non-hydrogen) atoms. The van der Waals surface area contributed by atoms with E-state index in [1.165, 1.54) is 24.3 Å². The third kappa shape index (κ3) is 2.96. The van der Waals surface area contributed by atoms with Gasteiger partial charge in [-0.1, -0.05) is 0 Å². The van der Waals surface area contributed by atoms with E-state index in [1.807, 2.05) is 0 Å². The lowest BCUT2D eigenvalue weighted by Crippen LogP contribution is -2.50. The quantitative estimate of drug-likeness (QED) is 0.880. The van der Waals surface area contributed by atoms with Crippen LogP contribution in [0.4, 0.5) is 10.1 Å². The maximum atomic E-state index is 12.8. The zero-order valence-corrected chi connectivity index (χ0v) is 11.2. The van der Waals surface area contributed by atoms with E-state index in [9.17, 15) is 19.1 Å². The predicted octanol–water partition coefficient (Wildman–Crippen LogP) is 1.70. The van der Waals surface area contributed by atoms with Crippen LogP contribution >= 0.6 is 0 Å². The fourth-order valence-corrected chi connectivity index (χ4v) is 2.42. The topological polar surface area (TPSA) is 69.6 Å². The molecule has 1 aromatic rings. The van der Waals surface area contributed by atoms with Crippen molar-refractivity contribution in [1.29, 1.82) is 0 Å². The predicted molar refractivity (Wildman–Crippen MR) is 71.9 cm³/mol. The summed E-state index contributed by atoms with van der Waals surface area (Å²) in [6, 6.07) is 5.45. The van der Waals surface area contributed by atoms with Gasteiger partial charge in [-0.2, -0.15) is 0 Å². The summed E-state index contributed by atoms with van der Waals surface area (Å²) in [5, 5.41) is 11.9. The van der Waals surface area contributed by atoms with Gasteiger partial charge >= 0.3 is 5.97 Å². The molecule has 6 heteroatoms. The molecule has 1 fully saturated rings. The number of carbonyl (C=O) groups excluding carboxylic acids is 1. The zero-order valence-electron chi connectivity index (χ0n) is 11.2. The lowest BCUT2D eigenvalue weighted by Gasteiger charge is -2.30. The van der Waals surface area contributed by atoms with E-state index in [-0.39, 0.29) is 18.3 Å². The maximum Gasteiger partial charge on any atom is 0.323 e. The summed E-state index contributed by atoms with van der Waals surface area (Å²) in [4.78, 5) is 24.9. The van der Waals surface area contributed by atoms with Crippen LogP contribution < -0.4 is 5.32 Å². The van der Waals surface area contributed by atoms with Gasteiger partial charge in [-0.05, 0) is 50.6 Å². The van der Waals surface area contributed by atoms with Crippen LogP contribution in [0.1, 0.15) is 19.8 Å². The fraction of sp³-hybridized carbons (Fsp3) is 0.429. The SMILES string of the molecule is CC1(C(=O)O)CCCN1CC(=O)Nc1ccc(F)cc1. The van der Waals surface area contributed by atoms with E-state index < -0.39 is 11.5 Å². The van der Waals surface area contributed by atoms with Crippen molar-refractivity contribution >= 4 is 17.6 Å². The number of carboxylic acid groups (broad SMARTS) is 1. The smallest absolute Gasteiger partial charge is 0.323 e. The van der Waals surface area contributed by atoms with Gasteiger partial charge in [0.05, 0.1) is 6.54 Å². The molecule has 2 N–H and O–H groups in total. The number of nitrogens with one attached hydrogen (secondary N) is 1. The number of hydrogen-bond acceptors (Lipinski definition) is 3. The molecule has 0 spiro atoms. The second-order valence-electron chi connectivity index (χ2n) is 5.16. The van der Waals surface area contributed by atoms with Crippen molar-refractivity contribution in [3.63, 3.8) is 0 Å². The second kappa shape index (κ2) is 5.58. The normalized spacial score (nSPS) is 22.7. The zero-order chi connectivity index (χ0) is 14.8. The molecular formula is C14H17FN2O3. The van der Waals surface area contributed by atoms with E-state index in [1.54, 1.807) is 11.8 Å². The summed E-state index contributed by atoms with van der Waals surface area (Å²) >= 11 is 0. The number of carboxylic acids is 1. The van der Waals surface area contributed by atoms with Crippen molar-refractivity contribution in [2.45, 2.75) is 25.3 Å². The number of nitrogens with zero attached hydrogens (tertiary/aromatic N) is 1. The summed E-state index contributed by atoms with van der Waals surface area (Å²) in [5.74, 6) is -1.59. The monoisotopic (exact) mass is 280 g/mol. The lowest BCUT2D eigenvalue weighted by molar-refractivity contribution is -0.149. The summed E-state index contributed by atoms with van der Waals surface area (Å²) in [6.45, 7) is 2.23. The largest absolute Gasteiger partial charge is 0.480 e. The number of likely N-dealkylation sites (tertiary alicyclic amines) is 1. The molecule has 0 aromatic heterocycles. The minimum Gasteiger partial charge on any atom is -0.480 e. The van der Waals surface area contributed by atoms with Crippen LogP contribution in [0.5, 0.6) is 0 Å². The second-order valence-corrected chi connectivity index (χ2v) is 5.16. The number of amides is 1. The first-order valence-electron chi connectivity index (χ1n) is 6.46. The Kier molecular flexibility index (Phi) is 4.04. The van der Waals surface area contributed by atoms with Crippen LogP contribution in [0, 0.1) is 5.82 Å². The Morgan fingerprint density at radius 3 is 2.65 bits per heavy atom. The number of hydrogen-bond donors (Lipinski definition) is 2. The Morgan fingerprint density at radius 1 is 1.40 bits per heavy atom. The number of halogens is 1. The summed E-state index contributed by atoms with van der Waals surface area (Å²) in [5.41, 5.74) is -0.493. The molecule has 1 atom stereocenters. The molecule has 1 unspecified atom stereocenters. The fourth-order valence-electron chi connectivity index (χ4n) is 2.42. The van der Waals surface area contributed by atoms with Gasteiger partial charge in [-0.3, -0.25) is 14.5 Å². The molecule has 1 aromatic carbocycles. The van der Waals surface area contributed by atoms with Crippen LogP contribution in [-0.2, 0) is 9.59 Å². The minimum absolute atomic E-state index is 0.0141. The van der Waals surface area contributed by atoms with Crippen molar-refractivity contribution in [2.24, 2.45) is 0 Å². The van der Waals surface area contributed by atoms with Gasteiger partial charge in [-0.15, -0.1) is 0 Å². The standard InChI is InChI=1S/C14H17FN2O3/c1-14(13(19)20)7-2-8-17(14)9-12(18)16-11-5-3-10(15)4-6-11/h3-6H,2,7-9H2,1H3,(H,16,18)(H,19,20). The first kappa shape index (κ1) is 14.5. The van der Waals surface area contributed by atoms with E-state index in [2.05, 4.69) is 5.32 Å². The Morgan fingerprint density at radius 2 is 2.05 bits per heavy atom. The summed E-state index contributed by atoms with van der Waals surface area (Å²) in [7, 11) is 0. The molecule has 0 bridgehead atoms. The highest BCUT2D eigenvalue weighted by atomic mass is 19.1. The Labute approximate surface area is 116 Å². The lowest BCUT2D eigenvalue weighted by atomic mass is 9.99. The Hall–Kier alpha value is -1.95. The van der Waals surface area contributed by atoms with E-state index in [0.717, 1.165) is 6.42 Å². The van der Waals surface area contributed by atoms with Gasteiger partial charge < -0.3 is 10.4 Å². The third-order valence-electron chi connectivity index (χ3n) is 3.71. The van der Waals surface area contributed by atoms with Crippen LogP contribution in [0.25, 0.3) is 0 Å². The molecule has 1 aliphatic heterocycles. The molecule has 5 nitrogen and oxygen atoms in total. The van der Waals surface area contributed by atoms with Gasteiger partial charge in [0, 0.05) is 5.69 Å². The molecule has 108 valence electrons. The van der Waals surface area contributed by atoms with Gasteiger partial charge in [0.15, 0.2) is 0 Å². The summed E-state index contributed by atoms with van der Waals surface area (Å²) < 4.78 is 12.8. The van der Waals surface area contributed by atoms with Crippen LogP contribution in [0.15, 0.2) is 24.3 Å². The van der Waals surface area contributed by atoms with E-state index >= 15 is 0 Å². The Balaban J connectivity index is 1.98. The minimum atomic E-state index is -0.986. The Bertz CT molecular complexity index is 518. The molecule has 1 saturated heterocycles. The highest BCUT2D eigenvalue weighted by Gasteiger charge is 2.43. The van der Waals surface area contributed by atoms with Gasteiger partial charge in [0.25, 0.3) is 0 Å². The molecule has 0 aliphatic carbocycles. The van der Waals surface area contributed by atoms with Gasteiger partial charge in [0.1, 0.15) is 11.4 Å². The highest BCUT2D eigenvalue weighted by Crippen LogP contribution is 2.28. The van der Waals surface area contributed by atoms with Crippen molar-refractivity contribution in [2.75, 3.05) is 18.4 Å². The number of aliphatic carboxylic acids is 1. The molecule has 1 aliphatic rings. The van der Waals surface area contributed by atoms with Crippen LogP contribution in [-0.4, -0.2) is 40.5 Å². The average Bonchev–Trinajstić information content (AvgIpc) is 2.75. The molecule has 2 rings (SSSR count). The molecule has 1 heterocycles. The number of benzene rings is 1. The maximum absolute atomic E-state index is 12.8. The third-order valence-corrected chi connectivity index (χ3v) is 3.71. The molecule has 0 saturated carbocycles. The van der Waals surface area contributed by atoms with Crippen LogP contribution in [0.2, 0.25) is 0 Å². The average molecular weight is 280 g/mol. The highest BCUT2D eigenvalue weighted by molar-refractivity contribution is 5.93. The van der Waals surface area contributed by atoms with Gasteiger partial charge in [0.2, 0.25) is 5.91 Å². The number of carbonyl (C=O) groups is 2. The summed E-state index contributed by atoms with van der Waals surface area (Å²) in [6.07, 6.45) is 1.29. The number of rotatable bonds is 4. The number of anilines is 1. The van der Waals surface area contributed by atoms with Crippen molar-refractivity contribution in [1.82, 2.24) is 4.90 Å².